The monoisotopic (exact) mass is 308 g/mol. The summed E-state index contributed by atoms with van der Waals surface area (Å²) in [6.45, 7) is 6.98. The molecule has 1 aromatic rings. The number of amides is 2. The molecule has 0 radical (unpaired) electrons. The van der Waals surface area contributed by atoms with Gasteiger partial charge in [-0.1, -0.05) is 18.2 Å². The molecule has 120 valence electrons. The van der Waals surface area contributed by atoms with E-state index >= 15 is 0 Å². The highest BCUT2D eigenvalue weighted by atomic mass is 19.1. The number of halogens is 1. The van der Waals surface area contributed by atoms with Crippen molar-refractivity contribution < 1.29 is 18.7 Å². The van der Waals surface area contributed by atoms with Crippen molar-refractivity contribution in [1.82, 2.24) is 5.32 Å². The topological polar surface area (TPSA) is 67.4 Å². The largest absolute Gasteiger partial charge is 0.444 e. The van der Waals surface area contributed by atoms with Crippen LogP contribution in [0.2, 0.25) is 0 Å². The number of ether oxygens (including phenoxy) is 1. The Kier molecular flexibility index (Phi) is 6.10. The molecule has 0 atom stereocenters. The lowest BCUT2D eigenvalue weighted by atomic mass is 10.2. The van der Waals surface area contributed by atoms with Crippen LogP contribution in [0.15, 0.2) is 24.3 Å². The molecule has 0 aliphatic heterocycles. The molecule has 0 aliphatic rings. The van der Waals surface area contributed by atoms with Crippen LogP contribution in [0, 0.1) is 5.82 Å². The molecule has 0 heterocycles. The first-order chi connectivity index (χ1) is 10.2. The fraction of sp³-hybridized carbons (Fsp3) is 0.375. The molecule has 0 saturated carbocycles. The van der Waals surface area contributed by atoms with E-state index in [1.165, 1.54) is 19.1 Å². The molecule has 1 rings (SSSR count). The summed E-state index contributed by atoms with van der Waals surface area (Å²) in [4.78, 5) is 22.3. The third-order valence-electron chi connectivity index (χ3n) is 2.41. The molecule has 5 nitrogen and oxygen atoms in total. The first-order valence-electron chi connectivity index (χ1n) is 6.88. The number of nitrogens with one attached hydrogen (secondary N) is 2. The van der Waals surface area contributed by atoms with Gasteiger partial charge in [0.05, 0.1) is 5.69 Å². The van der Waals surface area contributed by atoms with E-state index in [0.717, 1.165) is 0 Å². The minimum atomic E-state index is -0.708. The number of hydrogen-bond donors (Lipinski definition) is 2. The normalized spacial score (nSPS) is 11.3. The van der Waals surface area contributed by atoms with Crippen molar-refractivity contribution >= 4 is 23.8 Å². The van der Waals surface area contributed by atoms with E-state index in [0.29, 0.717) is 12.1 Å². The van der Waals surface area contributed by atoms with Gasteiger partial charge in [-0.2, -0.15) is 0 Å². The Morgan fingerprint density at radius 1 is 1.32 bits per heavy atom. The van der Waals surface area contributed by atoms with Gasteiger partial charge in [0.2, 0.25) is 5.91 Å². The third kappa shape index (κ3) is 6.88. The highest BCUT2D eigenvalue weighted by Gasteiger charge is 2.17. The molecule has 0 spiro atoms. The number of anilines is 1. The molecule has 0 fully saturated rings. The van der Waals surface area contributed by atoms with Gasteiger partial charge in [0.1, 0.15) is 11.4 Å². The number of carbonyl (C=O) groups is 2. The summed E-state index contributed by atoms with van der Waals surface area (Å²) in [5, 5.41) is 4.96. The van der Waals surface area contributed by atoms with Crippen LogP contribution in [-0.2, 0) is 9.53 Å². The van der Waals surface area contributed by atoms with Crippen LogP contribution in [0.4, 0.5) is 14.9 Å². The SMILES string of the molecule is CC(=O)NCC=Cc1ccc(NC(=O)OC(C)(C)C)c(F)c1. The van der Waals surface area contributed by atoms with Gasteiger partial charge in [-0.25, -0.2) is 9.18 Å². The van der Waals surface area contributed by atoms with Gasteiger partial charge in [0, 0.05) is 13.5 Å². The minimum Gasteiger partial charge on any atom is -0.444 e. The second kappa shape index (κ2) is 7.59. The number of carbonyl (C=O) groups excluding carboxylic acids is 2. The van der Waals surface area contributed by atoms with Gasteiger partial charge < -0.3 is 10.1 Å². The quantitative estimate of drug-likeness (QED) is 0.896. The Balaban J connectivity index is 2.65. The van der Waals surface area contributed by atoms with Crippen LogP contribution in [0.5, 0.6) is 0 Å². The second-order valence-corrected chi connectivity index (χ2v) is 5.71. The summed E-state index contributed by atoms with van der Waals surface area (Å²) in [7, 11) is 0. The molecular formula is C16H21FN2O3. The van der Waals surface area contributed by atoms with E-state index in [-0.39, 0.29) is 11.6 Å². The summed E-state index contributed by atoms with van der Waals surface area (Å²) in [6, 6.07) is 4.40. The van der Waals surface area contributed by atoms with Gasteiger partial charge in [-0.15, -0.1) is 0 Å². The van der Waals surface area contributed by atoms with Crippen LogP contribution in [0.3, 0.4) is 0 Å². The molecule has 2 N–H and O–H groups in total. The zero-order valence-corrected chi connectivity index (χ0v) is 13.2. The Morgan fingerprint density at radius 2 is 2.00 bits per heavy atom. The molecule has 0 bridgehead atoms. The first-order valence-corrected chi connectivity index (χ1v) is 6.88. The van der Waals surface area contributed by atoms with E-state index in [9.17, 15) is 14.0 Å². The predicted octanol–water partition coefficient (Wildman–Crippen LogP) is 3.32. The number of benzene rings is 1. The maximum Gasteiger partial charge on any atom is 0.412 e. The average Bonchev–Trinajstić information content (AvgIpc) is 2.35. The van der Waals surface area contributed by atoms with Crippen LogP contribution in [-0.4, -0.2) is 24.1 Å². The third-order valence-corrected chi connectivity index (χ3v) is 2.41. The van der Waals surface area contributed by atoms with Gasteiger partial charge in [0.25, 0.3) is 0 Å². The van der Waals surface area contributed by atoms with Gasteiger partial charge >= 0.3 is 6.09 Å². The smallest absolute Gasteiger partial charge is 0.412 e. The lowest BCUT2D eigenvalue weighted by molar-refractivity contribution is -0.118. The van der Waals surface area contributed by atoms with Crippen molar-refractivity contribution in [3.8, 4) is 0 Å². The van der Waals surface area contributed by atoms with Crippen molar-refractivity contribution in [2.45, 2.75) is 33.3 Å². The van der Waals surface area contributed by atoms with Crippen molar-refractivity contribution in [2.24, 2.45) is 0 Å². The van der Waals surface area contributed by atoms with E-state index in [4.69, 9.17) is 4.74 Å². The Hall–Kier alpha value is -2.37. The van der Waals surface area contributed by atoms with E-state index in [1.54, 1.807) is 39.0 Å². The predicted molar refractivity (Wildman–Crippen MR) is 84.0 cm³/mol. The Labute approximate surface area is 129 Å². The molecule has 0 aromatic heterocycles. The molecule has 22 heavy (non-hydrogen) atoms. The van der Waals surface area contributed by atoms with Crippen LogP contribution in [0.25, 0.3) is 6.08 Å². The van der Waals surface area contributed by atoms with Gasteiger partial charge in [0.15, 0.2) is 0 Å². The maximum absolute atomic E-state index is 13.9. The molecule has 0 aliphatic carbocycles. The second-order valence-electron chi connectivity index (χ2n) is 5.71. The summed E-state index contributed by atoms with van der Waals surface area (Å²) in [5.41, 5.74) is 0.0262. The summed E-state index contributed by atoms with van der Waals surface area (Å²) in [6.07, 6.45) is 2.67. The summed E-state index contributed by atoms with van der Waals surface area (Å²) >= 11 is 0. The Morgan fingerprint density at radius 3 is 2.55 bits per heavy atom. The fourth-order valence-electron chi connectivity index (χ4n) is 1.55. The van der Waals surface area contributed by atoms with Crippen molar-refractivity contribution in [3.63, 3.8) is 0 Å². The highest BCUT2D eigenvalue weighted by molar-refractivity contribution is 5.85. The maximum atomic E-state index is 13.9. The first kappa shape index (κ1) is 17.7. The van der Waals surface area contributed by atoms with E-state index in [2.05, 4.69) is 10.6 Å². The highest BCUT2D eigenvalue weighted by Crippen LogP contribution is 2.18. The average molecular weight is 308 g/mol. The lowest BCUT2D eigenvalue weighted by Gasteiger charge is -2.19. The summed E-state index contributed by atoms with van der Waals surface area (Å²) < 4.78 is 19.0. The van der Waals surface area contributed by atoms with Crippen molar-refractivity contribution in [3.05, 3.63) is 35.7 Å². The molecule has 1 aromatic carbocycles. The molecular weight excluding hydrogens is 287 g/mol. The zero-order valence-electron chi connectivity index (χ0n) is 13.2. The van der Waals surface area contributed by atoms with Gasteiger partial charge in [-0.05, 0) is 38.5 Å². The lowest BCUT2D eigenvalue weighted by Crippen LogP contribution is -2.27. The van der Waals surface area contributed by atoms with E-state index < -0.39 is 17.5 Å². The van der Waals surface area contributed by atoms with Crippen molar-refractivity contribution in [2.75, 3.05) is 11.9 Å². The minimum absolute atomic E-state index is 0.0493. The van der Waals surface area contributed by atoms with Crippen molar-refractivity contribution in [1.29, 1.82) is 0 Å². The molecule has 0 unspecified atom stereocenters. The standard InChI is InChI=1S/C16H21FN2O3/c1-11(20)18-9-5-6-12-7-8-14(13(17)10-12)19-15(21)22-16(2,3)4/h5-8,10H,9H2,1-4H3,(H,18,20)(H,19,21). The van der Waals surface area contributed by atoms with E-state index in [1.807, 2.05) is 0 Å². The fourth-order valence-corrected chi connectivity index (χ4v) is 1.55. The molecule has 6 heteroatoms. The molecule has 0 saturated heterocycles. The van der Waals surface area contributed by atoms with Crippen LogP contribution >= 0.6 is 0 Å². The zero-order chi connectivity index (χ0) is 16.8. The summed E-state index contributed by atoms with van der Waals surface area (Å²) in [5.74, 6) is -0.694. The van der Waals surface area contributed by atoms with Crippen LogP contribution < -0.4 is 10.6 Å². The number of rotatable bonds is 4. The van der Waals surface area contributed by atoms with Gasteiger partial charge in [-0.3, -0.25) is 10.1 Å². The van der Waals surface area contributed by atoms with Crippen LogP contribution in [0.1, 0.15) is 33.3 Å². The number of hydrogen-bond acceptors (Lipinski definition) is 3. The Bertz CT molecular complexity index is 577. The molecule has 2 amide bonds.